The topological polar surface area (TPSA) is 0 Å². The van der Waals surface area contributed by atoms with Crippen molar-refractivity contribution in [2.24, 2.45) is 0 Å². The fourth-order valence-electron chi connectivity index (χ4n) is 3.48. The lowest BCUT2D eigenvalue weighted by Crippen LogP contribution is -2.09. The molecule has 0 heterocycles. The minimum absolute atomic E-state index is 0.530. The summed E-state index contributed by atoms with van der Waals surface area (Å²) in [6.45, 7) is 11.3. The van der Waals surface area contributed by atoms with Crippen LogP contribution in [0.25, 0.3) is 0 Å². The highest BCUT2D eigenvalue weighted by Crippen LogP contribution is 2.36. The second kappa shape index (κ2) is 6.26. The summed E-state index contributed by atoms with van der Waals surface area (Å²) in [5.74, 6) is 0.530. The van der Waals surface area contributed by atoms with Crippen LogP contribution in [0, 0.1) is 27.7 Å². The van der Waals surface area contributed by atoms with Gasteiger partial charge in [0, 0.05) is 5.92 Å². The van der Waals surface area contributed by atoms with Gasteiger partial charge in [0.15, 0.2) is 0 Å². The number of hydrogen-bond acceptors (Lipinski definition) is 0. The van der Waals surface area contributed by atoms with E-state index in [1.54, 1.807) is 0 Å². The molecule has 0 aliphatic carbocycles. The highest BCUT2D eigenvalue weighted by molar-refractivity contribution is 5.47. The lowest BCUT2D eigenvalue weighted by Gasteiger charge is -2.25. The first-order chi connectivity index (χ1) is 9.56. The molecular weight excluding hydrogens is 240 g/mol. The number of benzene rings is 2. The Balaban J connectivity index is 2.63. The molecule has 2 aromatic rings. The van der Waals surface area contributed by atoms with E-state index in [0.29, 0.717) is 5.92 Å². The summed E-state index contributed by atoms with van der Waals surface area (Å²) in [5.41, 5.74) is 8.76. The first-order valence-electron chi connectivity index (χ1n) is 7.68. The van der Waals surface area contributed by atoms with Crippen LogP contribution in [0.2, 0.25) is 0 Å². The van der Waals surface area contributed by atoms with Crippen LogP contribution in [-0.2, 0) is 0 Å². The highest BCUT2D eigenvalue weighted by Gasteiger charge is 2.20. The van der Waals surface area contributed by atoms with Crippen LogP contribution in [-0.4, -0.2) is 0 Å². The molecule has 0 nitrogen and oxygen atoms in total. The Morgan fingerprint density at radius 2 is 1.05 bits per heavy atom. The summed E-state index contributed by atoms with van der Waals surface area (Å²) in [4.78, 5) is 0. The van der Waals surface area contributed by atoms with E-state index in [0.717, 1.165) is 0 Å². The molecule has 2 aromatic carbocycles. The van der Waals surface area contributed by atoms with Gasteiger partial charge in [-0.1, -0.05) is 49.7 Å². The summed E-state index contributed by atoms with van der Waals surface area (Å²) < 4.78 is 0. The van der Waals surface area contributed by atoms with Crippen LogP contribution in [0.3, 0.4) is 0 Å². The molecule has 0 bridgehead atoms. The van der Waals surface area contributed by atoms with E-state index in [1.807, 2.05) is 0 Å². The largest absolute Gasteiger partial charge is 0.0653 e. The monoisotopic (exact) mass is 266 g/mol. The molecule has 0 spiro atoms. The van der Waals surface area contributed by atoms with E-state index in [9.17, 15) is 0 Å². The molecule has 0 aliphatic heterocycles. The Hall–Kier alpha value is -1.56. The van der Waals surface area contributed by atoms with Gasteiger partial charge in [0.1, 0.15) is 0 Å². The maximum atomic E-state index is 2.29. The van der Waals surface area contributed by atoms with Crippen molar-refractivity contribution in [2.45, 2.75) is 53.4 Å². The Morgan fingerprint density at radius 3 is 1.35 bits per heavy atom. The molecule has 0 atom stereocenters. The Kier molecular flexibility index (Phi) is 4.65. The Labute approximate surface area is 123 Å². The van der Waals surface area contributed by atoms with Gasteiger partial charge in [0.25, 0.3) is 0 Å². The van der Waals surface area contributed by atoms with Gasteiger partial charge >= 0.3 is 0 Å². The fourth-order valence-corrected chi connectivity index (χ4v) is 3.48. The van der Waals surface area contributed by atoms with Crippen molar-refractivity contribution in [1.29, 1.82) is 0 Å². The first kappa shape index (κ1) is 14.8. The molecule has 0 aliphatic rings. The van der Waals surface area contributed by atoms with Crippen molar-refractivity contribution in [1.82, 2.24) is 0 Å². The quantitative estimate of drug-likeness (QED) is 0.651. The van der Waals surface area contributed by atoms with Gasteiger partial charge < -0.3 is 0 Å². The van der Waals surface area contributed by atoms with Crippen molar-refractivity contribution >= 4 is 0 Å². The van der Waals surface area contributed by atoms with Crippen molar-refractivity contribution in [3.8, 4) is 0 Å². The molecule has 0 heteroatoms. The highest BCUT2D eigenvalue weighted by atomic mass is 14.2. The molecule has 0 radical (unpaired) electrons. The van der Waals surface area contributed by atoms with Crippen LogP contribution in [0.15, 0.2) is 36.4 Å². The summed E-state index contributed by atoms with van der Waals surface area (Å²) in [6.07, 6.45) is 2.43. The maximum absolute atomic E-state index is 2.29. The third-order valence-electron chi connectivity index (χ3n) is 4.36. The minimum atomic E-state index is 0.530. The van der Waals surface area contributed by atoms with E-state index in [-0.39, 0.29) is 0 Å². The Bertz CT molecular complexity index is 501. The van der Waals surface area contributed by atoms with Gasteiger partial charge in [-0.05, 0) is 67.5 Å². The third kappa shape index (κ3) is 2.80. The van der Waals surface area contributed by atoms with Crippen molar-refractivity contribution < 1.29 is 0 Å². The number of hydrogen-bond donors (Lipinski definition) is 0. The average molecular weight is 266 g/mol. The first-order valence-corrected chi connectivity index (χ1v) is 7.68. The average Bonchev–Trinajstić information content (AvgIpc) is 2.38. The molecule has 0 unspecified atom stereocenters. The molecule has 0 saturated heterocycles. The molecule has 106 valence electrons. The molecular formula is C20H26. The van der Waals surface area contributed by atoms with Crippen LogP contribution >= 0.6 is 0 Å². The van der Waals surface area contributed by atoms with Gasteiger partial charge in [0.05, 0.1) is 0 Å². The zero-order chi connectivity index (χ0) is 14.7. The van der Waals surface area contributed by atoms with Crippen LogP contribution in [0.5, 0.6) is 0 Å². The van der Waals surface area contributed by atoms with Crippen LogP contribution in [0.4, 0.5) is 0 Å². The van der Waals surface area contributed by atoms with Crippen molar-refractivity contribution in [2.75, 3.05) is 0 Å². The van der Waals surface area contributed by atoms with E-state index < -0.39 is 0 Å². The minimum Gasteiger partial charge on any atom is -0.0653 e. The lowest BCUT2D eigenvalue weighted by molar-refractivity contribution is 0.684. The van der Waals surface area contributed by atoms with E-state index in [4.69, 9.17) is 0 Å². The number of rotatable bonds is 4. The van der Waals surface area contributed by atoms with Crippen LogP contribution < -0.4 is 0 Å². The fraction of sp³-hybridized carbons (Fsp3) is 0.400. The lowest BCUT2D eigenvalue weighted by atomic mass is 9.79. The standard InChI is InChI=1S/C20H26/c1-6-9-18(19-14(2)10-7-11-15(19)3)20-16(4)12-8-13-17(20)5/h7-8,10-13,18H,6,9H2,1-5H3. The second-order valence-electron chi connectivity index (χ2n) is 5.95. The Morgan fingerprint density at radius 1 is 0.700 bits per heavy atom. The molecule has 20 heavy (non-hydrogen) atoms. The van der Waals surface area contributed by atoms with Crippen molar-refractivity contribution in [3.63, 3.8) is 0 Å². The SMILES string of the molecule is CCCC(c1c(C)cccc1C)c1c(C)cccc1C. The van der Waals surface area contributed by atoms with E-state index >= 15 is 0 Å². The van der Waals surface area contributed by atoms with E-state index in [1.165, 1.54) is 46.2 Å². The molecule has 2 rings (SSSR count). The maximum Gasteiger partial charge on any atom is 0.00997 e. The van der Waals surface area contributed by atoms with Gasteiger partial charge in [-0.2, -0.15) is 0 Å². The second-order valence-corrected chi connectivity index (χ2v) is 5.95. The van der Waals surface area contributed by atoms with Gasteiger partial charge in [-0.3, -0.25) is 0 Å². The summed E-state index contributed by atoms with van der Waals surface area (Å²) in [6, 6.07) is 13.3. The van der Waals surface area contributed by atoms with E-state index in [2.05, 4.69) is 71.0 Å². The van der Waals surface area contributed by atoms with Crippen LogP contribution in [0.1, 0.15) is 59.1 Å². The molecule has 0 N–H and O–H groups in total. The summed E-state index contributed by atoms with van der Waals surface area (Å²) >= 11 is 0. The normalized spacial score (nSPS) is 11.1. The van der Waals surface area contributed by atoms with Gasteiger partial charge in [-0.25, -0.2) is 0 Å². The van der Waals surface area contributed by atoms with Gasteiger partial charge in [0.2, 0.25) is 0 Å². The number of aryl methyl sites for hydroxylation is 4. The molecule has 0 amide bonds. The predicted molar refractivity (Wildman–Crippen MR) is 88.6 cm³/mol. The van der Waals surface area contributed by atoms with Crippen molar-refractivity contribution in [3.05, 3.63) is 69.8 Å². The molecule has 0 saturated carbocycles. The summed E-state index contributed by atoms with van der Waals surface area (Å²) in [7, 11) is 0. The summed E-state index contributed by atoms with van der Waals surface area (Å²) in [5, 5.41) is 0. The van der Waals surface area contributed by atoms with Gasteiger partial charge in [-0.15, -0.1) is 0 Å². The third-order valence-corrected chi connectivity index (χ3v) is 4.36. The molecule has 0 fully saturated rings. The molecule has 0 aromatic heterocycles. The zero-order valence-electron chi connectivity index (χ0n) is 13.5. The smallest absolute Gasteiger partial charge is 0.00997 e. The predicted octanol–water partition coefficient (Wildman–Crippen LogP) is 5.85. The zero-order valence-corrected chi connectivity index (χ0v) is 13.5.